The monoisotopic (exact) mass is 263 g/mol. The van der Waals surface area contributed by atoms with E-state index in [1.807, 2.05) is 0 Å². The summed E-state index contributed by atoms with van der Waals surface area (Å²) in [5.74, 6) is -0.813. The molecule has 19 heavy (non-hydrogen) atoms. The van der Waals surface area contributed by atoms with Gasteiger partial charge in [0.05, 0.1) is 6.21 Å². The van der Waals surface area contributed by atoms with Crippen molar-refractivity contribution in [2.45, 2.75) is 25.8 Å². The first-order valence-corrected chi connectivity index (χ1v) is 5.92. The van der Waals surface area contributed by atoms with Crippen LogP contribution < -0.4 is 5.32 Å². The lowest BCUT2D eigenvalue weighted by atomic mass is 10.00. The Kier molecular flexibility index (Phi) is 3.33. The smallest absolute Gasteiger partial charge is 0.322 e. The SMILES string of the molecule is CC[C@@]1(C)NC(=O)N(/N=C\c2cccc(F)c2)C1=O. The van der Waals surface area contributed by atoms with Gasteiger partial charge in [-0.2, -0.15) is 5.10 Å². The van der Waals surface area contributed by atoms with Crippen LogP contribution in [0.5, 0.6) is 0 Å². The Hall–Kier alpha value is -2.24. The predicted octanol–water partition coefficient (Wildman–Crippen LogP) is 1.88. The molecule has 3 amide bonds. The van der Waals surface area contributed by atoms with E-state index < -0.39 is 23.3 Å². The third-order valence-electron chi connectivity index (χ3n) is 3.12. The predicted molar refractivity (Wildman–Crippen MR) is 68.1 cm³/mol. The van der Waals surface area contributed by atoms with Gasteiger partial charge >= 0.3 is 6.03 Å². The highest BCUT2D eigenvalue weighted by atomic mass is 19.1. The summed E-state index contributed by atoms with van der Waals surface area (Å²) in [6, 6.07) is 5.16. The molecule has 5 nitrogen and oxygen atoms in total. The highest BCUT2D eigenvalue weighted by Crippen LogP contribution is 2.20. The molecule has 1 aliphatic rings. The van der Waals surface area contributed by atoms with E-state index in [2.05, 4.69) is 10.4 Å². The van der Waals surface area contributed by atoms with Crippen molar-refractivity contribution in [2.24, 2.45) is 5.10 Å². The van der Waals surface area contributed by atoms with Crippen molar-refractivity contribution < 1.29 is 14.0 Å². The molecule has 1 fully saturated rings. The zero-order valence-corrected chi connectivity index (χ0v) is 10.7. The van der Waals surface area contributed by atoms with E-state index in [1.165, 1.54) is 24.4 Å². The molecule has 1 aromatic rings. The van der Waals surface area contributed by atoms with Crippen molar-refractivity contribution in [3.8, 4) is 0 Å². The summed E-state index contributed by atoms with van der Waals surface area (Å²) in [7, 11) is 0. The first-order chi connectivity index (χ1) is 8.96. The summed E-state index contributed by atoms with van der Waals surface area (Å²) in [6.45, 7) is 3.45. The molecule has 1 aliphatic heterocycles. The van der Waals surface area contributed by atoms with Gasteiger partial charge in [0.25, 0.3) is 5.91 Å². The van der Waals surface area contributed by atoms with Crippen molar-refractivity contribution in [2.75, 3.05) is 0 Å². The van der Waals surface area contributed by atoms with E-state index in [0.717, 1.165) is 5.01 Å². The van der Waals surface area contributed by atoms with Gasteiger partial charge in [0.1, 0.15) is 11.4 Å². The summed E-state index contributed by atoms with van der Waals surface area (Å²) in [5, 5.41) is 7.17. The molecule has 6 heteroatoms. The fraction of sp³-hybridized carbons (Fsp3) is 0.308. The molecule has 1 atom stereocenters. The highest BCUT2D eigenvalue weighted by Gasteiger charge is 2.46. The molecule has 2 rings (SSSR count). The minimum Gasteiger partial charge on any atom is -0.322 e. The Bertz CT molecular complexity index is 559. The topological polar surface area (TPSA) is 61.8 Å². The molecular formula is C13H14FN3O2. The summed E-state index contributed by atoms with van der Waals surface area (Å²) >= 11 is 0. The number of nitrogens with zero attached hydrogens (tertiary/aromatic N) is 2. The summed E-state index contributed by atoms with van der Waals surface area (Å²) in [5.41, 5.74) is -0.443. The molecule has 0 radical (unpaired) electrons. The zero-order valence-electron chi connectivity index (χ0n) is 10.7. The first kappa shape index (κ1) is 13.2. The summed E-state index contributed by atoms with van der Waals surface area (Å²) < 4.78 is 13.0. The van der Waals surface area contributed by atoms with E-state index in [-0.39, 0.29) is 0 Å². The third kappa shape index (κ3) is 2.47. The van der Waals surface area contributed by atoms with Crippen LogP contribution >= 0.6 is 0 Å². The Labute approximate surface area is 110 Å². The van der Waals surface area contributed by atoms with E-state index >= 15 is 0 Å². The fourth-order valence-electron chi connectivity index (χ4n) is 1.72. The Morgan fingerprint density at radius 2 is 2.21 bits per heavy atom. The van der Waals surface area contributed by atoms with Crippen LogP contribution in [0.1, 0.15) is 25.8 Å². The maximum atomic E-state index is 13.0. The van der Waals surface area contributed by atoms with Crippen LogP contribution in [0.3, 0.4) is 0 Å². The van der Waals surface area contributed by atoms with Crippen molar-refractivity contribution in [3.63, 3.8) is 0 Å². The number of nitrogens with one attached hydrogen (secondary N) is 1. The quantitative estimate of drug-likeness (QED) is 0.668. The van der Waals surface area contributed by atoms with Crippen LogP contribution in [0.15, 0.2) is 29.4 Å². The lowest BCUT2D eigenvalue weighted by molar-refractivity contribution is -0.130. The number of hydrazone groups is 1. The van der Waals surface area contributed by atoms with Crippen molar-refractivity contribution in [1.82, 2.24) is 10.3 Å². The minimum absolute atomic E-state index is 0.403. The van der Waals surface area contributed by atoms with E-state index in [0.29, 0.717) is 12.0 Å². The summed E-state index contributed by atoms with van der Waals surface area (Å²) in [4.78, 5) is 23.7. The average Bonchev–Trinajstić information content (AvgIpc) is 2.59. The minimum atomic E-state index is -0.920. The van der Waals surface area contributed by atoms with Gasteiger partial charge in [0.15, 0.2) is 0 Å². The molecule has 100 valence electrons. The maximum Gasteiger partial charge on any atom is 0.346 e. The second-order valence-electron chi connectivity index (χ2n) is 4.53. The number of carbonyl (C=O) groups is 2. The van der Waals surface area contributed by atoms with Crippen LogP contribution in [0, 0.1) is 5.82 Å². The number of hydrogen-bond donors (Lipinski definition) is 1. The Morgan fingerprint density at radius 1 is 1.47 bits per heavy atom. The molecule has 0 aliphatic carbocycles. The zero-order chi connectivity index (χ0) is 14.0. The highest BCUT2D eigenvalue weighted by molar-refractivity contribution is 6.07. The number of imide groups is 1. The molecule has 0 bridgehead atoms. The van der Waals surface area contributed by atoms with Crippen molar-refractivity contribution in [1.29, 1.82) is 0 Å². The van der Waals surface area contributed by atoms with E-state index in [1.54, 1.807) is 19.9 Å². The number of carbonyl (C=O) groups excluding carboxylic acids is 2. The molecule has 0 aromatic heterocycles. The largest absolute Gasteiger partial charge is 0.346 e. The van der Waals surface area contributed by atoms with Crippen LogP contribution in [0.25, 0.3) is 0 Å². The number of benzene rings is 1. The molecular weight excluding hydrogens is 249 g/mol. The molecule has 1 aromatic carbocycles. The van der Waals surface area contributed by atoms with Gasteiger partial charge < -0.3 is 5.32 Å². The van der Waals surface area contributed by atoms with Gasteiger partial charge in [0, 0.05) is 0 Å². The normalized spacial score (nSPS) is 23.2. The Balaban J connectivity index is 2.20. The lowest BCUT2D eigenvalue weighted by Gasteiger charge is -2.17. The standard InChI is InChI=1S/C13H14FN3O2/c1-3-13(2)11(18)17(12(19)16-13)15-8-9-5-4-6-10(14)7-9/h4-8H,3H2,1-2H3,(H,16,19)/b15-8-/t13-/m1/s1. The van der Waals surface area contributed by atoms with Crippen LogP contribution in [0.4, 0.5) is 9.18 Å². The van der Waals surface area contributed by atoms with Crippen LogP contribution in [-0.2, 0) is 4.79 Å². The average molecular weight is 263 g/mol. The number of halogens is 1. The number of urea groups is 1. The van der Waals surface area contributed by atoms with Gasteiger partial charge in [-0.05, 0) is 31.0 Å². The molecule has 1 heterocycles. The van der Waals surface area contributed by atoms with Crippen molar-refractivity contribution >= 4 is 18.2 Å². The van der Waals surface area contributed by atoms with Gasteiger partial charge in [0.2, 0.25) is 0 Å². The van der Waals surface area contributed by atoms with E-state index in [9.17, 15) is 14.0 Å². The molecule has 1 saturated heterocycles. The first-order valence-electron chi connectivity index (χ1n) is 5.92. The fourth-order valence-corrected chi connectivity index (χ4v) is 1.72. The summed E-state index contributed by atoms with van der Waals surface area (Å²) in [6.07, 6.45) is 1.76. The molecule has 0 spiro atoms. The second kappa shape index (κ2) is 4.79. The van der Waals surface area contributed by atoms with Gasteiger partial charge in [-0.1, -0.05) is 19.1 Å². The Morgan fingerprint density at radius 3 is 2.79 bits per heavy atom. The second-order valence-corrected chi connectivity index (χ2v) is 4.53. The molecule has 1 N–H and O–H groups in total. The number of amides is 3. The van der Waals surface area contributed by atoms with Gasteiger partial charge in [-0.15, -0.1) is 5.01 Å². The van der Waals surface area contributed by atoms with Gasteiger partial charge in [-0.3, -0.25) is 4.79 Å². The lowest BCUT2D eigenvalue weighted by Crippen LogP contribution is -2.42. The van der Waals surface area contributed by atoms with E-state index in [4.69, 9.17) is 0 Å². The molecule has 0 unspecified atom stereocenters. The van der Waals surface area contributed by atoms with Crippen molar-refractivity contribution in [3.05, 3.63) is 35.6 Å². The third-order valence-corrected chi connectivity index (χ3v) is 3.12. The number of rotatable bonds is 3. The van der Waals surface area contributed by atoms with Crippen LogP contribution in [-0.4, -0.2) is 28.7 Å². The number of hydrogen-bond acceptors (Lipinski definition) is 3. The van der Waals surface area contributed by atoms with Gasteiger partial charge in [-0.25, -0.2) is 9.18 Å². The maximum absolute atomic E-state index is 13.0. The molecule has 0 saturated carbocycles. The van der Waals surface area contributed by atoms with Crippen LogP contribution in [0.2, 0.25) is 0 Å².